The first-order valence-corrected chi connectivity index (χ1v) is 7.48. The van der Waals surface area contributed by atoms with Crippen molar-refractivity contribution in [3.8, 4) is 0 Å². The van der Waals surface area contributed by atoms with Gasteiger partial charge in [0.1, 0.15) is 5.82 Å². The van der Waals surface area contributed by atoms with Gasteiger partial charge in [0.2, 0.25) is 0 Å². The van der Waals surface area contributed by atoms with Gasteiger partial charge in [-0.1, -0.05) is 12.1 Å². The molecule has 0 atom stereocenters. The van der Waals surface area contributed by atoms with Crippen LogP contribution in [0.2, 0.25) is 0 Å². The highest BCUT2D eigenvalue weighted by molar-refractivity contribution is 5.90. The Morgan fingerprint density at radius 1 is 1.24 bits per heavy atom. The van der Waals surface area contributed by atoms with Gasteiger partial charge in [0, 0.05) is 31.2 Å². The lowest BCUT2D eigenvalue weighted by Gasteiger charge is -2.48. The summed E-state index contributed by atoms with van der Waals surface area (Å²) < 4.78 is 13.5. The van der Waals surface area contributed by atoms with Gasteiger partial charge in [0.25, 0.3) is 0 Å². The van der Waals surface area contributed by atoms with E-state index in [1.54, 1.807) is 23.1 Å². The number of hydrogen-bond acceptors (Lipinski definition) is 2. The zero-order valence-electron chi connectivity index (χ0n) is 13.1. The Balaban J connectivity index is 1.89. The highest BCUT2D eigenvalue weighted by Gasteiger charge is 2.37. The van der Waals surface area contributed by atoms with Crippen LogP contribution in [0.5, 0.6) is 0 Å². The number of halogens is 1. The molecule has 1 N–H and O–H groups in total. The van der Waals surface area contributed by atoms with E-state index in [0.717, 1.165) is 0 Å². The summed E-state index contributed by atoms with van der Waals surface area (Å²) in [4.78, 5) is 16.2. The van der Waals surface area contributed by atoms with Gasteiger partial charge in [-0.3, -0.25) is 4.90 Å². The van der Waals surface area contributed by atoms with Crippen molar-refractivity contribution in [3.05, 3.63) is 30.1 Å². The largest absolute Gasteiger partial charge is 0.322 e. The number of amides is 2. The molecule has 5 heteroatoms. The molecule has 2 amide bonds. The highest BCUT2D eigenvalue weighted by Crippen LogP contribution is 2.22. The third-order valence-electron chi connectivity index (χ3n) is 3.88. The Kier molecular flexibility index (Phi) is 4.83. The minimum absolute atomic E-state index is 0.232. The number of rotatable bonds is 4. The first-order chi connectivity index (χ1) is 9.90. The van der Waals surface area contributed by atoms with Crippen molar-refractivity contribution < 1.29 is 9.18 Å². The minimum atomic E-state index is -0.408. The summed E-state index contributed by atoms with van der Waals surface area (Å²) in [6.45, 7) is 10.1. The van der Waals surface area contributed by atoms with E-state index in [2.05, 4.69) is 37.9 Å². The van der Waals surface area contributed by atoms with Crippen molar-refractivity contribution >= 4 is 11.7 Å². The van der Waals surface area contributed by atoms with Gasteiger partial charge in [-0.05, 0) is 39.8 Å². The number of anilines is 1. The Hall–Kier alpha value is -1.62. The Morgan fingerprint density at radius 2 is 1.81 bits per heavy atom. The molecular weight excluding hydrogens is 269 g/mol. The topological polar surface area (TPSA) is 35.6 Å². The summed E-state index contributed by atoms with van der Waals surface area (Å²) in [6, 6.07) is 7.27. The number of likely N-dealkylation sites (tertiary alicyclic amines) is 1. The normalized spacial score (nSPS) is 15.7. The van der Waals surface area contributed by atoms with Crippen molar-refractivity contribution in [2.24, 2.45) is 0 Å². The number of carbonyl (C=O) groups is 1. The van der Waals surface area contributed by atoms with E-state index >= 15 is 0 Å². The lowest BCUT2D eigenvalue weighted by molar-refractivity contribution is 0.0202. The van der Waals surface area contributed by atoms with Gasteiger partial charge in [0.15, 0.2) is 0 Å². The first-order valence-electron chi connectivity index (χ1n) is 7.48. The van der Waals surface area contributed by atoms with Gasteiger partial charge < -0.3 is 10.2 Å². The van der Waals surface area contributed by atoms with Crippen LogP contribution in [0.3, 0.4) is 0 Å². The third kappa shape index (κ3) is 3.53. The highest BCUT2D eigenvalue weighted by atomic mass is 19.1. The molecule has 0 aromatic heterocycles. The predicted octanol–water partition coefficient (Wildman–Crippen LogP) is 3.16. The van der Waals surface area contributed by atoms with Gasteiger partial charge in [-0.15, -0.1) is 0 Å². The number of carbonyl (C=O) groups excluding carboxylic acids is 1. The van der Waals surface area contributed by atoms with Crippen LogP contribution in [0.25, 0.3) is 0 Å². The molecule has 0 saturated carbocycles. The first kappa shape index (κ1) is 15.8. The maximum absolute atomic E-state index is 13.5. The smallest absolute Gasteiger partial charge is 0.321 e. The summed E-state index contributed by atoms with van der Waals surface area (Å²) >= 11 is 0. The molecular formula is C16H24FN3O. The molecule has 1 saturated heterocycles. The molecule has 21 heavy (non-hydrogen) atoms. The van der Waals surface area contributed by atoms with Crippen LogP contribution in [0.1, 0.15) is 27.7 Å². The van der Waals surface area contributed by atoms with E-state index in [4.69, 9.17) is 0 Å². The quantitative estimate of drug-likeness (QED) is 0.925. The molecule has 1 heterocycles. The van der Waals surface area contributed by atoms with E-state index in [0.29, 0.717) is 31.2 Å². The number of urea groups is 1. The molecule has 116 valence electrons. The Labute approximate surface area is 125 Å². The second-order valence-corrected chi connectivity index (χ2v) is 6.10. The van der Waals surface area contributed by atoms with Crippen LogP contribution in [-0.4, -0.2) is 47.0 Å². The van der Waals surface area contributed by atoms with Crippen molar-refractivity contribution in [1.82, 2.24) is 9.80 Å². The molecule has 1 fully saturated rings. The number of nitrogens with one attached hydrogen (secondary N) is 1. The van der Waals surface area contributed by atoms with Crippen molar-refractivity contribution in [2.75, 3.05) is 18.4 Å². The SMILES string of the molecule is CC(C)N(C(C)C)C1CN(C(=O)Nc2ccccc2F)C1. The zero-order valence-corrected chi connectivity index (χ0v) is 13.1. The van der Waals surface area contributed by atoms with Gasteiger partial charge >= 0.3 is 6.03 Å². The second kappa shape index (κ2) is 6.43. The Bertz CT molecular complexity index is 490. The maximum atomic E-state index is 13.5. The average molecular weight is 293 g/mol. The van der Waals surface area contributed by atoms with Crippen LogP contribution in [0.4, 0.5) is 14.9 Å². The lowest BCUT2D eigenvalue weighted by atomic mass is 10.0. The fraction of sp³-hybridized carbons (Fsp3) is 0.562. The van der Waals surface area contributed by atoms with Gasteiger partial charge in [-0.2, -0.15) is 0 Å². The molecule has 0 bridgehead atoms. The number of nitrogens with zero attached hydrogens (tertiary/aromatic N) is 2. The van der Waals surface area contributed by atoms with E-state index in [9.17, 15) is 9.18 Å². The molecule has 4 nitrogen and oxygen atoms in total. The van der Waals surface area contributed by atoms with E-state index in [-0.39, 0.29) is 11.7 Å². The summed E-state index contributed by atoms with van der Waals surface area (Å²) in [5.41, 5.74) is 0.232. The zero-order chi connectivity index (χ0) is 15.6. The van der Waals surface area contributed by atoms with Crippen LogP contribution in [0, 0.1) is 5.82 Å². The molecule has 1 aromatic carbocycles. The molecule has 1 aliphatic rings. The molecule has 1 aliphatic heterocycles. The lowest BCUT2D eigenvalue weighted by Crippen LogP contribution is -2.64. The fourth-order valence-electron chi connectivity index (χ4n) is 3.01. The summed E-state index contributed by atoms with van der Waals surface area (Å²) in [7, 11) is 0. The Morgan fingerprint density at radius 3 is 2.33 bits per heavy atom. The van der Waals surface area contributed by atoms with Gasteiger partial charge in [-0.25, -0.2) is 9.18 Å². The number of benzene rings is 1. The van der Waals surface area contributed by atoms with Crippen molar-refractivity contribution in [3.63, 3.8) is 0 Å². The molecule has 0 radical (unpaired) electrons. The van der Waals surface area contributed by atoms with E-state index in [1.807, 2.05) is 0 Å². The summed E-state index contributed by atoms with van der Waals surface area (Å²) in [5, 5.41) is 2.62. The molecule has 0 unspecified atom stereocenters. The monoisotopic (exact) mass is 293 g/mol. The maximum Gasteiger partial charge on any atom is 0.322 e. The predicted molar refractivity (Wildman–Crippen MR) is 82.9 cm³/mol. The molecule has 2 rings (SSSR count). The molecule has 1 aromatic rings. The number of para-hydroxylation sites is 1. The summed E-state index contributed by atoms with van der Waals surface area (Å²) in [5.74, 6) is -0.408. The summed E-state index contributed by atoms with van der Waals surface area (Å²) in [6.07, 6.45) is 0. The fourth-order valence-corrected chi connectivity index (χ4v) is 3.01. The second-order valence-electron chi connectivity index (χ2n) is 6.10. The number of hydrogen-bond donors (Lipinski definition) is 1. The minimum Gasteiger partial charge on any atom is -0.321 e. The van der Waals surface area contributed by atoms with Crippen molar-refractivity contribution in [2.45, 2.75) is 45.8 Å². The van der Waals surface area contributed by atoms with E-state index < -0.39 is 5.82 Å². The molecule has 0 spiro atoms. The van der Waals surface area contributed by atoms with Crippen LogP contribution in [0.15, 0.2) is 24.3 Å². The van der Waals surface area contributed by atoms with Crippen molar-refractivity contribution in [1.29, 1.82) is 0 Å². The molecule has 0 aliphatic carbocycles. The standard InChI is InChI=1S/C16H24FN3O/c1-11(2)20(12(3)4)13-9-19(10-13)16(21)18-15-8-6-5-7-14(15)17/h5-8,11-13H,9-10H2,1-4H3,(H,18,21). The van der Waals surface area contributed by atoms with E-state index in [1.165, 1.54) is 6.07 Å². The van der Waals surface area contributed by atoms with Gasteiger partial charge in [0.05, 0.1) is 5.69 Å². The van der Waals surface area contributed by atoms with Crippen LogP contribution in [-0.2, 0) is 0 Å². The third-order valence-corrected chi connectivity index (χ3v) is 3.88. The average Bonchev–Trinajstić information content (AvgIpc) is 2.34. The van der Waals surface area contributed by atoms with Crippen LogP contribution >= 0.6 is 0 Å². The van der Waals surface area contributed by atoms with Crippen LogP contribution < -0.4 is 5.32 Å².